The molecule has 1 aliphatic rings. The molecule has 0 spiro atoms. The van der Waals surface area contributed by atoms with Crippen LogP contribution in [0.5, 0.6) is 0 Å². The van der Waals surface area contributed by atoms with Crippen molar-refractivity contribution < 1.29 is 9.21 Å². The molecular weight excluding hydrogens is 398 g/mol. The Hall–Kier alpha value is -3.37. The van der Waals surface area contributed by atoms with Gasteiger partial charge in [-0.05, 0) is 60.9 Å². The molecule has 1 amide bonds. The minimum absolute atomic E-state index is 0.0876. The highest BCUT2D eigenvalue weighted by molar-refractivity contribution is 6.31. The van der Waals surface area contributed by atoms with Gasteiger partial charge in [0.05, 0.1) is 17.0 Å². The largest absolute Gasteiger partial charge is 0.450 e. The molecule has 1 aromatic heterocycles. The zero-order chi connectivity index (χ0) is 21.0. The van der Waals surface area contributed by atoms with Gasteiger partial charge in [-0.15, -0.1) is 0 Å². The summed E-state index contributed by atoms with van der Waals surface area (Å²) in [6.45, 7) is 3.91. The van der Waals surface area contributed by atoms with Gasteiger partial charge in [-0.1, -0.05) is 48.0 Å². The fourth-order valence-electron chi connectivity index (χ4n) is 4.07. The fourth-order valence-corrected chi connectivity index (χ4v) is 4.26. The van der Waals surface area contributed by atoms with Gasteiger partial charge in [0.2, 0.25) is 5.76 Å². The van der Waals surface area contributed by atoms with Gasteiger partial charge in [0.15, 0.2) is 5.43 Å². The summed E-state index contributed by atoms with van der Waals surface area (Å²) in [5.41, 5.74) is 4.06. The number of fused-ring (bicyclic) bond motifs is 2. The summed E-state index contributed by atoms with van der Waals surface area (Å²) in [5.74, 6) is -0.261. The van der Waals surface area contributed by atoms with Crippen molar-refractivity contribution in [3.05, 3.63) is 110 Å². The van der Waals surface area contributed by atoms with Gasteiger partial charge < -0.3 is 4.42 Å². The Balaban J connectivity index is 1.84. The van der Waals surface area contributed by atoms with Crippen LogP contribution in [0.25, 0.3) is 11.0 Å². The highest BCUT2D eigenvalue weighted by Crippen LogP contribution is 2.41. The molecule has 1 unspecified atom stereocenters. The van der Waals surface area contributed by atoms with Crippen molar-refractivity contribution in [2.75, 3.05) is 4.90 Å². The predicted octanol–water partition coefficient (Wildman–Crippen LogP) is 5.81. The van der Waals surface area contributed by atoms with Crippen LogP contribution in [0.2, 0.25) is 5.02 Å². The number of rotatable bonds is 2. The van der Waals surface area contributed by atoms with Crippen molar-refractivity contribution in [3.63, 3.8) is 0 Å². The number of benzene rings is 3. The van der Waals surface area contributed by atoms with E-state index in [1.54, 1.807) is 23.1 Å². The zero-order valence-corrected chi connectivity index (χ0v) is 17.2. The van der Waals surface area contributed by atoms with Crippen LogP contribution in [0.15, 0.2) is 75.9 Å². The van der Waals surface area contributed by atoms with E-state index in [0.29, 0.717) is 27.2 Å². The topological polar surface area (TPSA) is 50.5 Å². The summed E-state index contributed by atoms with van der Waals surface area (Å²) in [6, 6.07) is 19.6. The zero-order valence-electron chi connectivity index (χ0n) is 16.5. The molecule has 0 saturated heterocycles. The van der Waals surface area contributed by atoms with Crippen molar-refractivity contribution in [1.29, 1.82) is 0 Å². The van der Waals surface area contributed by atoms with Crippen LogP contribution in [0.3, 0.4) is 0 Å². The molecule has 1 atom stereocenters. The quantitative estimate of drug-likeness (QED) is 0.415. The van der Waals surface area contributed by atoms with Gasteiger partial charge in [0, 0.05) is 10.7 Å². The summed E-state index contributed by atoms with van der Waals surface area (Å²) in [5, 5.41) is 0.997. The van der Waals surface area contributed by atoms with E-state index >= 15 is 0 Å². The first kappa shape index (κ1) is 18.6. The molecule has 0 N–H and O–H groups in total. The normalized spacial score (nSPS) is 15.6. The lowest BCUT2D eigenvalue weighted by molar-refractivity contribution is 0.0971. The predicted molar refractivity (Wildman–Crippen MR) is 119 cm³/mol. The van der Waals surface area contributed by atoms with Crippen LogP contribution in [-0.4, -0.2) is 5.91 Å². The number of hydrogen-bond acceptors (Lipinski definition) is 3. The highest BCUT2D eigenvalue weighted by Gasteiger charge is 2.43. The monoisotopic (exact) mass is 415 g/mol. The van der Waals surface area contributed by atoms with Crippen LogP contribution in [0.4, 0.5) is 5.69 Å². The molecule has 30 heavy (non-hydrogen) atoms. The van der Waals surface area contributed by atoms with Gasteiger partial charge in [-0.3, -0.25) is 14.5 Å². The average molecular weight is 416 g/mol. The fraction of sp³-hybridized carbons (Fsp3) is 0.120. The van der Waals surface area contributed by atoms with Crippen LogP contribution < -0.4 is 10.3 Å². The second-order valence-corrected chi connectivity index (χ2v) is 8.01. The third kappa shape index (κ3) is 2.76. The van der Waals surface area contributed by atoms with Crippen LogP contribution in [0.1, 0.15) is 38.9 Å². The van der Waals surface area contributed by atoms with E-state index in [0.717, 1.165) is 16.7 Å². The Morgan fingerprint density at radius 1 is 0.900 bits per heavy atom. The number of anilines is 1. The number of hydrogen-bond donors (Lipinski definition) is 0. The summed E-state index contributed by atoms with van der Waals surface area (Å²) >= 11 is 6.20. The molecule has 0 aliphatic carbocycles. The standard InChI is InChI=1S/C25H18ClNO3/c1-14-11-19-20(12-15(14)2)30-24-21(23(19)28)22(16-7-4-3-5-8-16)27(25(24)29)18-10-6-9-17(26)13-18/h3-13,22H,1-2H3. The van der Waals surface area contributed by atoms with E-state index in [1.165, 1.54) is 0 Å². The van der Waals surface area contributed by atoms with E-state index in [2.05, 4.69) is 0 Å². The van der Waals surface area contributed by atoms with Crippen molar-refractivity contribution in [3.8, 4) is 0 Å². The van der Waals surface area contributed by atoms with E-state index in [1.807, 2.05) is 62.4 Å². The number of aryl methyl sites for hydroxylation is 2. The van der Waals surface area contributed by atoms with E-state index in [4.69, 9.17) is 16.0 Å². The molecule has 3 aromatic carbocycles. The van der Waals surface area contributed by atoms with E-state index in [-0.39, 0.29) is 17.1 Å². The lowest BCUT2D eigenvalue weighted by atomic mass is 9.97. The van der Waals surface area contributed by atoms with Crippen molar-refractivity contribution in [2.24, 2.45) is 0 Å². The van der Waals surface area contributed by atoms with Gasteiger partial charge >= 0.3 is 0 Å². The summed E-state index contributed by atoms with van der Waals surface area (Å²) < 4.78 is 6.04. The first-order valence-corrected chi connectivity index (χ1v) is 10.1. The van der Waals surface area contributed by atoms with Gasteiger partial charge in [-0.25, -0.2) is 0 Å². The molecule has 5 heteroatoms. The Labute approximate surface area is 178 Å². The third-order valence-electron chi connectivity index (χ3n) is 5.69. The average Bonchev–Trinajstić information content (AvgIpc) is 3.03. The van der Waals surface area contributed by atoms with Crippen LogP contribution in [-0.2, 0) is 0 Å². The lowest BCUT2D eigenvalue weighted by Crippen LogP contribution is -2.29. The number of carbonyl (C=O) groups excluding carboxylic acids is 1. The minimum atomic E-state index is -0.588. The van der Waals surface area contributed by atoms with Crippen molar-refractivity contribution in [2.45, 2.75) is 19.9 Å². The lowest BCUT2D eigenvalue weighted by Gasteiger charge is -2.25. The maximum Gasteiger partial charge on any atom is 0.295 e. The summed E-state index contributed by atoms with van der Waals surface area (Å²) in [6.07, 6.45) is 0. The molecular formula is C25H18ClNO3. The Bertz CT molecular complexity index is 1370. The molecule has 4 aromatic rings. The molecule has 5 rings (SSSR count). The first-order valence-electron chi connectivity index (χ1n) is 9.67. The maximum atomic E-state index is 13.6. The van der Waals surface area contributed by atoms with Crippen LogP contribution in [0, 0.1) is 13.8 Å². The molecule has 0 fully saturated rings. The van der Waals surface area contributed by atoms with Gasteiger partial charge in [0.1, 0.15) is 5.58 Å². The van der Waals surface area contributed by atoms with Gasteiger partial charge in [-0.2, -0.15) is 0 Å². The molecule has 0 bridgehead atoms. The Morgan fingerprint density at radius 3 is 2.37 bits per heavy atom. The first-order chi connectivity index (χ1) is 14.5. The van der Waals surface area contributed by atoms with E-state index in [9.17, 15) is 9.59 Å². The maximum absolute atomic E-state index is 13.6. The number of halogens is 1. The smallest absolute Gasteiger partial charge is 0.295 e. The molecule has 0 radical (unpaired) electrons. The molecule has 0 saturated carbocycles. The molecule has 1 aliphatic heterocycles. The minimum Gasteiger partial charge on any atom is -0.450 e. The second kappa shape index (κ2) is 6.85. The number of carbonyl (C=O) groups is 1. The number of amides is 1. The summed E-state index contributed by atoms with van der Waals surface area (Å²) in [4.78, 5) is 28.7. The van der Waals surface area contributed by atoms with E-state index < -0.39 is 6.04 Å². The summed E-state index contributed by atoms with van der Waals surface area (Å²) in [7, 11) is 0. The Morgan fingerprint density at radius 2 is 1.63 bits per heavy atom. The second-order valence-electron chi connectivity index (χ2n) is 7.57. The van der Waals surface area contributed by atoms with Crippen molar-refractivity contribution in [1.82, 2.24) is 0 Å². The highest BCUT2D eigenvalue weighted by atomic mass is 35.5. The molecule has 4 nitrogen and oxygen atoms in total. The molecule has 2 heterocycles. The van der Waals surface area contributed by atoms with Gasteiger partial charge in [0.25, 0.3) is 5.91 Å². The number of nitrogens with zero attached hydrogens (tertiary/aromatic N) is 1. The molecule has 148 valence electrons. The van der Waals surface area contributed by atoms with Crippen LogP contribution >= 0.6 is 11.6 Å². The SMILES string of the molecule is Cc1cc2oc3c(c(=O)c2cc1C)C(c1ccccc1)N(c1cccc(Cl)c1)C3=O. The Kier molecular flexibility index (Phi) is 4.26. The third-order valence-corrected chi connectivity index (χ3v) is 5.92. The van der Waals surface area contributed by atoms with Crippen molar-refractivity contribution >= 4 is 34.2 Å².